The predicted octanol–water partition coefficient (Wildman–Crippen LogP) is 6.63. The lowest BCUT2D eigenvalue weighted by Crippen LogP contribution is -2.52. The number of fused-ring (bicyclic) bond motifs is 8. The van der Waals surface area contributed by atoms with E-state index in [1.165, 1.54) is 30.7 Å². The van der Waals surface area contributed by atoms with Crippen LogP contribution in [0.4, 0.5) is 8.78 Å². The number of carbonyl (C=O) groups is 6. The number of nitrogens with one attached hydrogen (secondary N) is 2. The number of halogens is 2. The van der Waals surface area contributed by atoms with Crippen LogP contribution >= 0.6 is 0 Å². The van der Waals surface area contributed by atoms with Crippen LogP contribution in [-0.4, -0.2) is 149 Å². The van der Waals surface area contributed by atoms with E-state index in [0.717, 1.165) is 75.3 Å². The second kappa shape index (κ2) is 27.6. The van der Waals surface area contributed by atoms with Gasteiger partial charge in [0, 0.05) is 87.4 Å². The van der Waals surface area contributed by atoms with Crippen molar-refractivity contribution in [2.24, 2.45) is 53.1 Å². The maximum atomic E-state index is 13.5. The maximum Gasteiger partial charge on any atom is 0.312 e. The standard InChI is InChI=1S/C30H41FN2O4.C20H22FNO4.C12H20N2O2/c1-33-24-10-11-27(33)29(26(19-24)21-6-8-23(31)9-7-21)30(35)32-12-14-37-16-15-36-13-2-3-28(34)25-18-20-4-5-22(25)17-20;1-22-13-6-7-15(22)18(14(10-13)11-2-4-12(21)5-3-11)20(25)26-19-16(23)8-9-17(19)24;13-3-5-16-6-4-14-12(15)11-8-9-1-2-10(11)7-9/h4-9,20,22,24-27,29H,2-3,10-19H2,1H3,(H,32,35);2-5,13-15,18-19H,6-10H2,1H3;1-2,9-11H,3-8,13H2,(H,14,15). The molecule has 0 radical (unpaired) electrons. The molecular weight excluding hydrogens is 1010 g/mol. The Morgan fingerprint density at radius 1 is 0.582 bits per heavy atom. The van der Waals surface area contributed by atoms with Crippen LogP contribution in [0.25, 0.3) is 0 Å². The van der Waals surface area contributed by atoms with E-state index in [1.54, 1.807) is 12.1 Å². The summed E-state index contributed by atoms with van der Waals surface area (Å²) in [6.45, 7) is 4.66. The molecule has 0 spiro atoms. The number of carbonyl (C=O) groups excluding carboxylic acids is 6. The number of piperidine rings is 2. The van der Waals surface area contributed by atoms with Gasteiger partial charge in [0.2, 0.25) is 17.9 Å². The van der Waals surface area contributed by atoms with Crippen LogP contribution in [-0.2, 0) is 47.7 Å². The summed E-state index contributed by atoms with van der Waals surface area (Å²) in [4.78, 5) is 78.8. The second-order valence-corrected chi connectivity index (χ2v) is 23.6. The number of ether oxygens (including phenoxy) is 4. The number of nitrogens with zero attached hydrogens (tertiary/aromatic N) is 2. The topological polar surface area (TPSA) is 196 Å². The van der Waals surface area contributed by atoms with E-state index in [4.69, 9.17) is 24.7 Å². The number of rotatable bonds is 22. The Bertz CT molecular complexity index is 2480. The molecule has 430 valence electrons. The highest BCUT2D eigenvalue weighted by Gasteiger charge is 2.52. The molecule has 4 aliphatic heterocycles. The summed E-state index contributed by atoms with van der Waals surface area (Å²) in [6.07, 6.45) is 19.5. The van der Waals surface area contributed by atoms with E-state index >= 15 is 0 Å². The Balaban J connectivity index is 0.000000156. The van der Waals surface area contributed by atoms with Crippen LogP contribution in [0.5, 0.6) is 0 Å². The SMILES string of the molecule is CN1C2CCC1C(C(=O)NCCOCCOCCCC(=O)C1CC3C=CC1C3)C(c1ccc(F)cc1)C2.CN1C2CCC1C(C(=O)OC1C(=O)CCC1=O)C(c1ccc(F)cc1)C2.NCCOCCNC(=O)C1CC2C=CC1C2. The van der Waals surface area contributed by atoms with Gasteiger partial charge in [0.15, 0.2) is 11.6 Å². The summed E-state index contributed by atoms with van der Waals surface area (Å²) in [6, 6.07) is 14.0. The molecule has 2 amide bonds. The normalized spacial score (nSPS) is 32.0. The second-order valence-electron chi connectivity index (χ2n) is 23.6. The smallest absolute Gasteiger partial charge is 0.312 e. The molecule has 9 aliphatic rings. The quantitative estimate of drug-likeness (QED) is 0.0493. The van der Waals surface area contributed by atoms with Crippen LogP contribution in [0.15, 0.2) is 72.8 Å². The largest absolute Gasteiger partial charge is 0.446 e. The zero-order valence-electron chi connectivity index (χ0n) is 46.2. The summed E-state index contributed by atoms with van der Waals surface area (Å²) in [5.74, 6) is 1.08. The molecule has 7 fully saturated rings. The molecule has 2 aromatic rings. The average Bonchev–Trinajstić information content (AvgIpc) is 4.55. The Hall–Kier alpha value is -5.04. The molecule has 11 rings (SSSR count). The van der Waals surface area contributed by atoms with E-state index in [0.29, 0.717) is 107 Å². The van der Waals surface area contributed by atoms with E-state index in [-0.39, 0.29) is 89.5 Å². The van der Waals surface area contributed by atoms with Gasteiger partial charge in [-0.25, -0.2) is 8.78 Å². The molecule has 5 aliphatic carbocycles. The first kappa shape index (κ1) is 58.6. The van der Waals surface area contributed by atoms with Crippen LogP contribution < -0.4 is 16.4 Å². The van der Waals surface area contributed by atoms with Crippen molar-refractivity contribution in [3.05, 3.63) is 95.6 Å². The number of Topliss-reactive ketones (excluding diaryl/α,β-unsaturated/α-hetero) is 3. The third kappa shape index (κ3) is 14.4. The summed E-state index contributed by atoms with van der Waals surface area (Å²) in [5.41, 5.74) is 7.25. The fourth-order valence-electron chi connectivity index (χ4n) is 14.7. The fourth-order valence-corrected chi connectivity index (χ4v) is 14.7. The van der Waals surface area contributed by atoms with Crippen molar-refractivity contribution in [1.82, 2.24) is 20.4 Å². The molecule has 3 saturated carbocycles. The first-order valence-electron chi connectivity index (χ1n) is 29.4. The van der Waals surface area contributed by atoms with Gasteiger partial charge in [-0.3, -0.25) is 38.6 Å². The van der Waals surface area contributed by atoms with Crippen LogP contribution in [0.3, 0.4) is 0 Å². The number of hydrogen-bond donors (Lipinski definition) is 3. The summed E-state index contributed by atoms with van der Waals surface area (Å²) < 4.78 is 48.7. The fraction of sp³-hybridized carbons (Fsp3) is 0.645. The van der Waals surface area contributed by atoms with Crippen LogP contribution in [0, 0.1) is 59.0 Å². The van der Waals surface area contributed by atoms with Crippen molar-refractivity contribution in [2.75, 3.05) is 73.4 Å². The maximum absolute atomic E-state index is 13.5. The molecule has 2 aromatic carbocycles. The Morgan fingerprint density at radius 3 is 1.59 bits per heavy atom. The minimum atomic E-state index is -1.24. The first-order chi connectivity index (χ1) is 38.3. The lowest BCUT2D eigenvalue weighted by atomic mass is 9.75. The molecule has 14 unspecified atom stereocenters. The van der Waals surface area contributed by atoms with Crippen molar-refractivity contribution in [1.29, 1.82) is 0 Å². The van der Waals surface area contributed by atoms with Crippen LogP contribution in [0.2, 0.25) is 0 Å². The number of hydrogen-bond acceptors (Lipinski definition) is 13. The molecule has 0 aromatic heterocycles. The molecule has 4 N–H and O–H groups in total. The van der Waals surface area contributed by atoms with E-state index in [9.17, 15) is 37.5 Å². The number of nitrogens with two attached hydrogens (primary N) is 1. The van der Waals surface area contributed by atoms with Gasteiger partial charge in [-0.15, -0.1) is 0 Å². The lowest BCUT2D eigenvalue weighted by Gasteiger charge is -2.42. The van der Waals surface area contributed by atoms with Gasteiger partial charge >= 0.3 is 5.97 Å². The minimum Gasteiger partial charge on any atom is -0.446 e. The molecule has 17 heteroatoms. The summed E-state index contributed by atoms with van der Waals surface area (Å²) >= 11 is 0. The van der Waals surface area contributed by atoms with Gasteiger partial charge in [-0.1, -0.05) is 48.6 Å². The number of esters is 1. The van der Waals surface area contributed by atoms with E-state index in [1.807, 2.05) is 19.2 Å². The molecule has 8 bridgehead atoms. The molecule has 4 heterocycles. The van der Waals surface area contributed by atoms with Crippen molar-refractivity contribution in [3.8, 4) is 0 Å². The molecule has 15 nitrogen and oxygen atoms in total. The van der Waals surface area contributed by atoms with Gasteiger partial charge in [0.1, 0.15) is 17.4 Å². The van der Waals surface area contributed by atoms with Gasteiger partial charge in [0.05, 0.1) is 44.9 Å². The highest BCUT2D eigenvalue weighted by molar-refractivity contribution is 6.12. The van der Waals surface area contributed by atoms with E-state index < -0.39 is 18.0 Å². The monoisotopic (exact) mass is 1100 g/mol. The highest BCUT2D eigenvalue weighted by Crippen LogP contribution is 2.49. The lowest BCUT2D eigenvalue weighted by molar-refractivity contribution is -0.164. The zero-order valence-corrected chi connectivity index (χ0v) is 46.2. The van der Waals surface area contributed by atoms with Gasteiger partial charge < -0.3 is 35.3 Å². The molecule has 14 atom stereocenters. The number of allylic oxidation sites excluding steroid dienone is 4. The van der Waals surface area contributed by atoms with Crippen molar-refractivity contribution >= 4 is 35.1 Å². The summed E-state index contributed by atoms with van der Waals surface area (Å²) in [7, 11) is 4.13. The first-order valence-corrected chi connectivity index (χ1v) is 29.4. The number of ketones is 3. The van der Waals surface area contributed by atoms with Crippen molar-refractivity contribution in [3.63, 3.8) is 0 Å². The molecule has 4 saturated heterocycles. The van der Waals surface area contributed by atoms with Gasteiger partial charge in [0.25, 0.3) is 0 Å². The summed E-state index contributed by atoms with van der Waals surface area (Å²) in [5, 5.41) is 6.01. The Labute approximate surface area is 464 Å². The third-order valence-electron chi connectivity index (χ3n) is 18.9. The Morgan fingerprint density at radius 2 is 1.08 bits per heavy atom. The predicted molar refractivity (Wildman–Crippen MR) is 292 cm³/mol. The highest BCUT2D eigenvalue weighted by atomic mass is 19.1. The minimum absolute atomic E-state index is 0.0166. The van der Waals surface area contributed by atoms with Crippen molar-refractivity contribution < 1.29 is 56.5 Å². The third-order valence-corrected chi connectivity index (χ3v) is 18.9. The van der Waals surface area contributed by atoms with Crippen molar-refractivity contribution in [2.45, 2.75) is 132 Å². The van der Waals surface area contributed by atoms with Crippen LogP contribution in [0.1, 0.15) is 113 Å². The van der Waals surface area contributed by atoms with E-state index in [2.05, 4.69) is 51.8 Å². The Kier molecular flexibility index (Phi) is 20.5. The zero-order chi connectivity index (χ0) is 55.6. The number of benzene rings is 2. The van der Waals surface area contributed by atoms with Gasteiger partial charge in [-0.05, 0) is 150 Å². The molecular formula is C62H83F2N5O10. The number of amides is 2. The van der Waals surface area contributed by atoms with Gasteiger partial charge in [-0.2, -0.15) is 0 Å². The average molecular weight is 1100 g/mol. The molecule has 79 heavy (non-hydrogen) atoms.